The summed E-state index contributed by atoms with van der Waals surface area (Å²) in [7, 11) is 0. The number of benzene rings is 1. The van der Waals surface area contributed by atoms with Gasteiger partial charge in [0.15, 0.2) is 6.10 Å². The van der Waals surface area contributed by atoms with Crippen LogP contribution in [-0.4, -0.2) is 41.1 Å². The van der Waals surface area contributed by atoms with Crippen LogP contribution in [0.4, 0.5) is 10.3 Å². The van der Waals surface area contributed by atoms with Crippen molar-refractivity contribution in [2.24, 2.45) is 0 Å². The molecule has 0 radical (unpaired) electrons. The fourth-order valence-corrected chi connectivity index (χ4v) is 3.39. The first-order valence-electron chi connectivity index (χ1n) is 8.46. The molecule has 0 saturated carbocycles. The van der Waals surface area contributed by atoms with Gasteiger partial charge in [-0.2, -0.15) is 0 Å². The molecule has 0 unspecified atom stereocenters. The molecular formula is C18H19FN4O2. The van der Waals surface area contributed by atoms with E-state index in [-0.39, 0.29) is 17.8 Å². The molecule has 0 aliphatic carbocycles. The maximum absolute atomic E-state index is 13.3. The van der Waals surface area contributed by atoms with Gasteiger partial charge >= 0.3 is 0 Å². The number of hydrogen-bond acceptors (Lipinski definition) is 5. The van der Waals surface area contributed by atoms with Crippen LogP contribution in [0.1, 0.15) is 18.4 Å². The molecule has 1 aromatic carbocycles. The lowest BCUT2D eigenvalue weighted by atomic mass is 10.0. The van der Waals surface area contributed by atoms with Crippen molar-refractivity contribution in [3.63, 3.8) is 0 Å². The van der Waals surface area contributed by atoms with Crippen molar-refractivity contribution in [3.8, 4) is 5.75 Å². The van der Waals surface area contributed by atoms with E-state index in [1.165, 1.54) is 12.1 Å². The lowest BCUT2D eigenvalue weighted by Gasteiger charge is -2.33. The zero-order chi connectivity index (χ0) is 17.2. The molecule has 1 N–H and O–H groups in total. The molecule has 2 atom stereocenters. The van der Waals surface area contributed by atoms with Crippen molar-refractivity contribution in [2.75, 3.05) is 18.0 Å². The minimum Gasteiger partial charge on any atom is -0.480 e. The number of ether oxygens (including phenoxy) is 1. The van der Waals surface area contributed by atoms with E-state index in [0.717, 1.165) is 24.9 Å². The van der Waals surface area contributed by atoms with Gasteiger partial charge in [0.25, 0.3) is 5.91 Å². The summed E-state index contributed by atoms with van der Waals surface area (Å²) in [6, 6.07) is 6.15. The van der Waals surface area contributed by atoms with E-state index in [0.29, 0.717) is 24.7 Å². The molecule has 2 aliphatic rings. The van der Waals surface area contributed by atoms with E-state index in [1.807, 2.05) is 0 Å². The molecule has 4 rings (SSSR count). The predicted octanol–water partition coefficient (Wildman–Crippen LogP) is 1.70. The van der Waals surface area contributed by atoms with Gasteiger partial charge in [0.05, 0.1) is 0 Å². The first-order valence-corrected chi connectivity index (χ1v) is 8.46. The molecule has 25 heavy (non-hydrogen) atoms. The number of anilines is 1. The van der Waals surface area contributed by atoms with Crippen LogP contribution >= 0.6 is 0 Å². The molecular weight excluding hydrogens is 323 g/mol. The van der Waals surface area contributed by atoms with Gasteiger partial charge < -0.3 is 15.0 Å². The number of carbonyl (C=O) groups excluding carboxylic acids is 1. The average molecular weight is 342 g/mol. The monoisotopic (exact) mass is 342 g/mol. The van der Waals surface area contributed by atoms with Gasteiger partial charge in [-0.25, -0.2) is 14.4 Å². The summed E-state index contributed by atoms with van der Waals surface area (Å²) < 4.78 is 19.0. The minimum atomic E-state index is -0.597. The SMILES string of the molecule is O=C(N[C@H]1CCCN(c2ncccn2)C1)[C@@H]1Cc2cc(F)ccc2O1. The number of fused-ring (bicyclic) bond motifs is 1. The van der Waals surface area contributed by atoms with Crippen molar-refractivity contribution >= 4 is 11.9 Å². The first-order chi connectivity index (χ1) is 12.2. The molecule has 2 aliphatic heterocycles. The van der Waals surface area contributed by atoms with E-state index in [9.17, 15) is 9.18 Å². The van der Waals surface area contributed by atoms with Gasteiger partial charge in [-0.1, -0.05) is 0 Å². The molecule has 1 fully saturated rings. The van der Waals surface area contributed by atoms with Crippen LogP contribution < -0.4 is 15.0 Å². The number of rotatable bonds is 3. The molecule has 1 saturated heterocycles. The lowest BCUT2D eigenvalue weighted by molar-refractivity contribution is -0.128. The van der Waals surface area contributed by atoms with E-state index in [4.69, 9.17) is 4.74 Å². The Morgan fingerprint density at radius 1 is 1.32 bits per heavy atom. The second-order valence-corrected chi connectivity index (χ2v) is 6.41. The number of amides is 1. The van der Waals surface area contributed by atoms with Crippen molar-refractivity contribution in [1.29, 1.82) is 0 Å². The smallest absolute Gasteiger partial charge is 0.261 e. The van der Waals surface area contributed by atoms with E-state index >= 15 is 0 Å². The van der Waals surface area contributed by atoms with Crippen LogP contribution in [0.2, 0.25) is 0 Å². The third kappa shape index (κ3) is 3.40. The van der Waals surface area contributed by atoms with Crippen LogP contribution in [0.25, 0.3) is 0 Å². The Hall–Kier alpha value is -2.70. The molecule has 6 nitrogen and oxygen atoms in total. The normalized spacial score (nSPS) is 22.2. The van der Waals surface area contributed by atoms with Crippen LogP contribution in [0.5, 0.6) is 5.75 Å². The summed E-state index contributed by atoms with van der Waals surface area (Å²) in [6.07, 6.45) is 5.10. The second kappa shape index (κ2) is 6.66. The lowest BCUT2D eigenvalue weighted by Crippen LogP contribution is -2.51. The van der Waals surface area contributed by atoms with Crippen molar-refractivity contribution in [1.82, 2.24) is 15.3 Å². The Kier molecular flexibility index (Phi) is 4.21. The van der Waals surface area contributed by atoms with Crippen molar-refractivity contribution < 1.29 is 13.9 Å². The zero-order valence-corrected chi connectivity index (χ0v) is 13.7. The highest BCUT2D eigenvalue weighted by Crippen LogP contribution is 2.29. The summed E-state index contributed by atoms with van der Waals surface area (Å²) in [5.41, 5.74) is 0.739. The Morgan fingerprint density at radius 3 is 3.00 bits per heavy atom. The van der Waals surface area contributed by atoms with Crippen LogP contribution in [0, 0.1) is 5.82 Å². The number of hydrogen-bond donors (Lipinski definition) is 1. The fraction of sp³-hybridized carbons (Fsp3) is 0.389. The average Bonchev–Trinajstić information content (AvgIpc) is 3.06. The van der Waals surface area contributed by atoms with Gasteiger partial charge in [0.1, 0.15) is 11.6 Å². The Bertz CT molecular complexity index is 771. The molecule has 3 heterocycles. The zero-order valence-electron chi connectivity index (χ0n) is 13.7. The van der Waals surface area contributed by atoms with Gasteiger partial charge in [0, 0.05) is 43.5 Å². The van der Waals surface area contributed by atoms with Gasteiger partial charge in [0.2, 0.25) is 5.95 Å². The summed E-state index contributed by atoms with van der Waals surface area (Å²) in [4.78, 5) is 23.1. The third-order valence-electron chi connectivity index (χ3n) is 4.59. The number of aromatic nitrogens is 2. The molecule has 1 amide bonds. The third-order valence-corrected chi connectivity index (χ3v) is 4.59. The quantitative estimate of drug-likeness (QED) is 0.920. The number of nitrogens with one attached hydrogen (secondary N) is 1. The minimum absolute atomic E-state index is 0.0223. The summed E-state index contributed by atoms with van der Waals surface area (Å²) in [5.74, 6) is 0.803. The Balaban J connectivity index is 1.37. The van der Waals surface area contributed by atoms with E-state index in [2.05, 4.69) is 20.2 Å². The highest BCUT2D eigenvalue weighted by molar-refractivity contribution is 5.82. The predicted molar refractivity (Wildman–Crippen MR) is 89.9 cm³/mol. The summed E-state index contributed by atoms with van der Waals surface area (Å²) in [5, 5.41) is 3.06. The van der Waals surface area contributed by atoms with E-state index < -0.39 is 6.10 Å². The summed E-state index contributed by atoms with van der Waals surface area (Å²) in [6.45, 7) is 1.55. The highest BCUT2D eigenvalue weighted by Gasteiger charge is 2.32. The second-order valence-electron chi connectivity index (χ2n) is 6.41. The van der Waals surface area contributed by atoms with Crippen LogP contribution in [-0.2, 0) is 11.2 Å². The molecule has 0 spiro atoms. The standard InChI is InChI=1S/C18H19FN4O2/c19-13-4-5-15-12(9-13)10-16(25-15)17(24)22-14-3-1-8-23(11-14)18-20-6-2-7-21-18/h2,4-7,9,14,16H,1,3,8,10-11H2,(H,22,24)/t14-,16-/m0/s1. The largest absolute Gasteiger partial charge is 0.480 e. The highest BCUT2D eigenvalue weighted by atomic mass is 19.1. The topological polar surface area (TPSA) is 67.4 Å². The Labute approximate surface area is 145 Å². The van der Waals surface area contributed by atoms with E-state index in [1.54, 1.807) is 24.5 Å². The number of nitrogens with zero attached hydrogens (tertiary/aromatic N) is 3. The maximum atomic E-state index is 13.3. The fourth-order valence-electron chi connectivity index (χ4n) is 3.39. The molecule has 2 aromatic rings. The van der Waals surface area contributed by atoms with Gasteiger partial charge in [-0.3, -0.25) is 4.79 Å². The molecule has 7 heteroatoms. The first kappa shape index (κ1) is 15.8. The molecule has 1 aromatic heterocycles. The summed E-state index contributed by atoms with van der Waals surface area (Å²) >= 11 is 0. The maximum Gasteiger partial charge on any atom is 0.261 e. The van der Waals surface area contributed by atoms with Crippen molar-refractivity contribution in [2.45, 2.75) is 31.4 Å². The number of carbonyl (C=O) groups is 1. The number of piperidine rings is 1. The molecule has 130 valence electrons. The molecule has 0 bridgehead atoms. The van der Waals surface area contributed by atoms with Gasteiger partial charge in [-0.15, -0.1) is 0 Å². The van der Waals surface area contributed by atoms with Crippen molar-refractivity contribution in [3.05, 3.63) is 48.0 Å². The Morgan fingerprint density at radius 2 is 2.16 bits per heavy atom. The van der Waals surface area contributed by atoms with Crippen LogP contribution in [0.3, 0.4) is 0 Å². The van der Waals surface area contributed by atoms with Gasteiger partial charge in [-0.05, 0) is 37.1 Å². The number of halogens is 1. The van der Waals surface area contributed by atoms with Crippen LogP contribution in [0.15, 0.2) is 36.7 Å².